The Labute approximate surface area is 183 Å². The van der Waals surface area contributed by atoms with Crippen LogP contribution < -0.4 is 5.32 Å². The van der Waals surface area contributed by atoms with Crippen molar-refractivity contribution in [3.63, 3.8) is 0 Å². The molecule has 1 saturated heterocycles. The summed E-state index contributed by atoms with van der Waals surface area (Å²) in [5.74, 6) is -0.470. The lowest BCUT2D eigenvalue weighted by Crippen LogP contribution is -2.47. The molecule has 2 amide bonds. The molecule has 1 N–H and O–H groups in total. The van der Waals surface area contributed by atoms with Crippen LogP contribution in [0.2, 0.25) is 0 Å². The first kappa shape index (κ1) is 22.0. The van der Waals surface area contributed by atoms with Crippen LogP contribution in [0.3, 0.4) is 0 Å². The number of aryl methyl sites for hydroxylation is 1. The van der Waals surface area contributed by atoms with Crippen LogP contribution in [0.4, 0.5) is 13.2 Å². The third-order valence-electron chi connectivity index (χ3n) is 6.32. The van der Waals surface area contributed by atoms with Crippen molar-refractivity contribution in [2.75, 3.05) is 13.1 Å². The molecule has 168 valence electrons. The molecule has 0 spiro atoms. The van der Waals surface area contributed by atoms with E-state index < -0.39 is 11.9 Å². The number of carbonyl (C=O) groups excluding carboxylic acids is 2. The first-order chi connectivity index (χ1) is 14.7. The fourth-order valence-electron chi connectivity index (χ4n) is 4.55. The van der Waals surface area contributed by atoms with Crippen molar-refractivity contribution in [1.29, 1.82) is 0 Å². The number of nitrogens with one attached hydrogen (secondary N) is 1. The lowest BCUT2D eigenvalue weighted by molar-refractivity contribution is -0.141. The van der Waals surface area contributed by atoms with Gasteiger partial charge in [-0.3, -0.25) is 9.59 Å². The summed E-state index contributed by atoms with van der Waals surface area (Å²) in [6.45, 7) is 2.62. The summed E-state index contributed by atoms with van der Waals surface area (Å²) in [5, 5.41) is 3.71. The Balaban J connectivity index is 1.48. The normalized spacial score (nSPS) is 20.8. The number of nitrogens with zero attached hydrogens (tertiary/aromatic N) is 2. The average Bonchev–Trinajstić information content (AvgIpc) is 3.09. The zero-order valence-electron chi connectivity index (χ0n) is 17.4. The Bertz CT molecular complexity index is 982. The molecule has 0 bridgehead atoms. The minimum Gasteiger partial charge on any atom is -0.353 e. The van der Waals surface area contributed by atoms with Crippen LogP contribution in [0, 0.1) is 12.8 Å². The molecule has 5 nitrogen and oxygen atoms in total. The highest BCUT2D eigenvalue weighted by atomic mass is 32.1. The van der Waals surface area contributed by atoms with E-state index in [1.54, 1.807) is 11.8 Å². The Hall–Kier alpha value is -2.16. The number of thiophene rings is 1. The van der Waals surface area contributed by atoms with Gasteiger partial charge in [0.2, 0.25) is 5.91 Å². The molecule has 31 heavy (non-hydrogen) atoms. The Morgan fingerprint density at radius 3 is 2.58 bits per heavy atom. The number of hydrogen-bond donors (Lipinski definition) is 1. The number of amides is 2. The lowest BCUT2D eigenvalue weighted by Gasteiger charge is -2.33. The second-order valence-corrected chi connectivity index (χ2v) is 9.54. The first-order valence-electron chi connectivity index (χ1n) is 10.8. The third-order valence-corrected chi connectivity index (χ3v) is 7.51. The van der Waals surface area contributed by atoms with Crippen LogP contribution in [-0.2, 0) is 11.0 Å². The SMILES string of the molecule is Cc1c(C(=O)N2CCCC(C(=O)NC3CCCCC3)C2)sc2nc(C(F)(F)F)ccc12. The maximum Gasteiger partial charge on any atom is 0.433 e. The molecule has 1 atom stereocenters. The van der Waals surface area contributed by atoms with Gasteiger partial charge in [0.15, 0.2) is 0 Å². The second kappa shape index (κ2) is 8.76. The molecule has 1 aliphatic heterocycles. The molecule has 2 aromatic heterocycles. The van der Waals surface area contributed by atoms with Crippen molar-refractivity contribution in [3.05, 3.63) is 28.3 Å². The van der Waals surface area contributed by atoms with Crippen molar-refractivity contribution in [3.8, 4) is 0 Å². The quantitative estimate of drug-likeness (QED) is 0.717. The summed E-state index contributed by atoms with van der Waals surface area (Å²) in [6.07, 6.45) is 2.45. The van der Waals surface area contributed by atoms with Crippen LogP contribution in [0.25, 0.3) is 10.2 Å². The summed E-state index contributed by atoms with van der Waals surface area (Å²) in [6, 6.07) is 2.55. The van der Waals surface area contributed by atoms with E-state index in [0.29, 0.717) is 28.9 Å². The predicted octanol–water partition coefficient (Wildman–Crippen LogP) is 4.92. The third kappa shape index (κ3) is 4.71. The van der Waals surface area contributed by atoms with E-state index >= 15 is 0 Å². The molecule has 0 radical (unpaired) electrons. The molecule has 0 aromatic carbocycles. The van der Waals surface area contributed by atoms with Gasteiger partial charge < -0.3 is 10.2 Å². The van der Waals surface area contributed by atoms with Crippen LogP contribution in [0.15, 0.2) is 12.1 Å². The average molecular weight is 454 g/mol. The summed E-state index contributed by atoms with van der Waals surface area (Å²) in [5.41, 5.74) is -0.322. The number of fused-ring (bicyclic) bond motifs is 1. The predicted molar refractivity (Wildman–Crippen MR) is 113 cm³/mol. The minimum absolute atomic E-state index is 0.00829. The van der Waals surface area contributed by atoms with Gasteiger partial charge >= 0.3 is 6.18 Å². The van der Waals surface area contributed by atoms with Gasteiger partial charge in [0.25, 0.3) is 5.91 Å². The number of pyridine rings is 1. The maximum atomic E-state index is 13.2. The highest BCUT2D eigenvalue weighted by Crippen LogP contribution is 2.35. The molecule has 1 aliphatic carbocycles. The fraction of sp³-hybridized carbons (Fsp3) is 0.591. The van der Waals surface area contributed by atoms with E-state index in [1.807, 2.05) is 0 Å². The van der Waals surface area contributed by atoms with E-state index in [0.717, 1.165) is 55.9 Å². The van der Waals surface area contributed by atoms with Crippen molar-refractivity contribution >= 4 is 33.4 Å². The van der Waals surface area contributed by atoms with Crippen LogP contribution in [0.1, 0.15) is 65.9 Å². The number of likely N-dealkylation sites (tertiary alicyclic amines) is 1. The topological polar surface area (TPSA) is 62.3 Å². The van der Waals surface area contributed by atoms with Gasteiger partial charge in [0.1, 0.15) is 10.5 Å². The molecule has 3 heterocycles. The molecule has 1 unspecified atom stereocenters. The number of rotatable bonds is 3. The second-order valence-electron chi connectivity index (χ2n) is 8.54. The molecule has 2 aromatic rings. The molecular weight excluding hydrogens is 427 g/mol. The highest BCUT2D eigenvalue weighted by Gasteiger charge is 2.34. The van der Waals surface area contributed by atoms with Gasteiger partial charge in [-0.15, -0.1) is 11.3 Å². The molecule has 2 aliphatic rings. The summed E-state index contributed by atoms with van der Waals surface area (Å²) in [4.78, 5) is 31.9. The Morgan fingerprint density at radius 2 is 1.87 bits per heavy atom. The maximum absolute atomic E-state index is 13.2. The largest absolute Gasteiger partial charge is 0.433 e. The lowest BCUT2D eigenvalue weighted by atomic mass is 9.93. The summed E-state index contributed by atoms with van der Waals surface area (Å²) in [7, 11) is 0. The molecule has 9 heteroatoms. The number of carbonyl (C=O) groups is 2. The number of piperidine rings is 1. The van der Waals surface area contributed by atoms with Gasteiger partial charge in [-0.05, 0) is 50.3 Å². The Kier molecular flexibility index (Phi) is 6.23. The molecule has 4 rings (SSSR count). The fourth-order valence-corrected chi connectivity index (χ4v) is 5.69. The van der Waals surface area contributed by atoms with Gasteiger partial charge in [-0.1, -0.05) is 19.3 Å². The number of halogens is 3. The summed E-state index contributed by atoms with van der Waals surface area (Å²) >= 11 is 0.991. The van der Waals surface area contributed by atoms with Crippen molar-refractivity contribution in [2.45, 2.75) is 64.1 Å². The van der Waals surface area contributed by atoms with Crippen molar-refractivity contribution in [1.82, 2.24) is 15.2 Å². The number of aromatic nitrogens is 1. The van der Waals surface area contributed by atoms with E-state index in [-0.39, 0.29) is 28.6 Å². The van der Waals surface area contributed by atoms with E-state index in [9.17, 15) is 22.8 Å². The van der Waals surface area contributed by atoms with Crippen LogP contribution >= 0.6 is 11.3 Å². The standard InChI is InChI=1S/C22H26F3N3O2S/c1-13-16-9-10-17(22(23,24)25)27-20(16)31-18(13)21(30)28-11-5-6-14(12-28)19(29)26-15-7-3-2-4-8-15/h9-10,14-15H,2-8,11-12H2,1H3,(H,26,29). The Morgan fingerprint density at radius 1 is 1.13 bits per heavy atom. The molecular formula is C22H26F3N3O2S. The smallest absolute Gasteiger partial charge is 0.353 e. The van der Waals surface area contributed by atoms with Gasteiger partial charge in [0.05, 0.1) is 10.8 Å². The van der Waals surface area contributed by atoms with E-state index in [2.05, 4.69) is 10.3 Å². The zero-order chi connectivity index (χ0) is 22.2. The van der Waals surface area contributed by atoms with E-state index in [1.165, 1.54) is 12.5 Å². The van der Waals surface area contributed by atoms with E-state index in [4.69, 9.17) is 0 Å². The van der Waals surface area contributed by atoms with Crippen molar-refractivity contribution < 1.29 is 22.8 Å². The van der Waals surface area contributed by atoms with Crippen LogP contribution in [0.5, 0.6) is 0 Å². The number of alkyl halides is 3. The van der Waals surface area contributed by atoms with Crippen LogP contribution in [-0.4, -0.2) is 40.8 Å². The zero-order valence-corrected chi connectivity index (χ0v) is 18.2. The monoisotopic (exact) mass is 453 g/mol. The minimum atomic E-state index is -4.53. The van der Waals surface area contributed by atoms with Gasteiger partial charge in [-0.2, -0.15) is 13.2 Å². The first-order valence-corrected chi connectivity index (χ1v) is 11.6. The van der Waals surface area contributed by atoms with Gasteiger partial charge in [-0.25, -0.2) is 4.98 Å². The van der Waals surface area contributed by atoms with Crippen molar-refractivity contribution in [2.24, 2.45) is 5.92 Å². The number of hydrogen-bond acceptors (Lipinski definition) is 4. The summed E-state index contributed by atoms with van der Waals surface area (Å²) < 4.78 is 39.0. The van der Waals surface area contributed by atoms with Gasteiger partial charge in [0, 0.05) is 24.5 Å². The highest BCUT2D eigenvalue weighted by molar-refractivity contribution is 7.20. The molecule has 1 saturated carbocycles. The molecule has 2 fully saturated rings.